The summed E-state index contributed by atoms with van der Waals surface area (Å²) in [4.78, 5) is 14.8. The van der Waals surface area contributed by atoms with Crippen LogP contribution in [0.2, 0.25) is 5.02 Å². The molecule has 2 amide bonds. The third-order valence-electron chi connectivity index (χ3n) is 1.20. The Balaban J connectivity index is 2.63. The van der Waals surface area contributed by atoms with Gasteiger partial charge in [-0.1, -0.05) is 18.2 Å². The van der Waals surface area contributed by atoms with Crippen molar-refractivity contribution in [3.63, 3.8) is 0 Å². The summed E-state index contributed by atoms with van der Waals surface area (Å²) in [6, 6.07) is 2.77. The Bertz CT molecular complexity index is 327. The normalized spacial score (nSPS) is 9.00. The number of aromatic nitrogens is 1. The minimum absolute atomic E-state index is 0.395. The van der Waals surface area contributed by atoms with Crippen molar-refractivity contribution in [1.29, 1.82) is 0 Å². The highest BCUT2D eigenvalue weighted by atomic mass is 35.5. The minimum Gasteiger partial charge on any atom is -0.315 e. The van der Waals surface area contributed by atoms with Crippen LogP contribution in [-0.2, 0) is 0 Å². The number of nitrogens with one attached hydrogen (secondary N) is 2. The van der Waals surface area contributed by atoms with Gasteiger partial charge in [0, 0.05) is 11.2 Å². The van der Waals surface area contributed by atoms with Gasteiger partial charge in [0.05, 0.1) is 0 Å². The Labute approximate surface area is 80.6 Å². The Kier molecular flexibility index (Phi) is 3.28. The maximum Gasteiger partial charge on any atom is 0.324 e. The van der Waals surface area contributed by atoms with Crippen LogP contribution in [0.25, 0.3) is 0 Å². The number of hydrogen-bond acceptors (Lipinski definition) is 2. The second kappa shape index (κ2) is 4.47. The van der Waals surface area contributed by atoms with Crippen LogP contribution in [0.4, 0.5) is 10.6 Å². The predicted molar refractivity (Wildman–Crippen MR) is 51.6 cm³/mol. The average Bonchev–Trinajstić information content (AvgIpc) is 2.04. The van der Waals surface area contributed by atoms with Crippen molar-refractivity contribution in [2.75, 3.05) is 5.32 Å². The van der Waals surface area contributed by atoms with E-state index in [1.54, 1.807) is 12.1 Å². The van der Waals surface area contributed by atoms with Gasteiger partial charge in [-0.2, -0.15) is 0 Å². The molecular formula is C8H8ClN3O. The molecule has 4 nitrogen and oxygen atoms in total. The van der Waals surface area contributed by atoms with Crippen molar-refractivity contribution in [3.05, 3.63) is 36.1 Å². The Hall–Kier alpha value is -1.55. The second-order valence-electron chi connectivity index (χ2n) is 2.16. The van der Waals surface area contributed by atoms with Gasteiger partial charge < -0.3 is 5.32 Å². The first-order valence-electron chi connectivity index (χ1n) is 3.52. The molecule has 0 aromatic carbocycles. The number of carbonyl (C=O) groups excluding carboxylic acids is 1. The highest BCUT2D eigenvalue weighted by molar-refractivity contribution is 6.30. The maximum atomic E-state index is 10.9. The van der Waals surface area contributed by atoms with Crippen LogP contribution in [0.15, 0.2) is 31.1 Å². The molecule has 0 fully saturated rings. The van der Waals surface area contributed by atoms with Crippen molar-refractivity contribution in [3.8, 4) is 0 Å². The molecule has 0 aliphatic carbocycles. The molecule has 1 heterocycles. The maximum absolute atomic E-state index is 10.9. The van der Waals surface area contributed by atoms with Crippen LogP contribution in [0.3, 0.4) is 0 Å². The van der Waals surface area contributed by atoms with Crippen LogP contribution in [-0.4, -0.2) is 11.0 Å². The molecule has 2 N–H and O–H groups in total. The summed E-state index contributed by atoms with van der Waals surface area (Å²) >= 11 is 5.67. The zero-order valence-electron chi connectivity index (χ0n) is 6.75. The molecule has 1 rings (SSSR count). The number of hydrogen-bond donors (Lipinski definition) is 2. The third kappa shape index (κ3) is 3.13. The summed E-state index contributed by atoms with van der Waals surface area (Å²) in [5.41, 5.74) is 0. The smallest absolute Gasteiger partial charge is 0.315 e. The molecule has 1 aromatic heterocycles. The summed E-state index contributed by atoms with van der Waals surface area (Å²) in [5.74, 6) is 0.395. The lowest BCUT2D eigenvalue weighted by Gasteiger charge is -2.02. The average molecular weight is 198 g/mol. The SMILES string of the molecule is C=CNC(=O)Nc1cc(Cl)ccn1. The van der Waals surface area contributed by atoms with E-state index in [1.807, 2.05) is 0 Å². The van der Waals surface area contributed by atoms with Crippen molar-refractivity contribution in [1.82, 2.24) is 10.3 Å². The lowest BCUT2D eigenvalue weighted by Crippen LogP contribution is -2.23. The quantitative estimate of drug-likeness (QED) is 0.762. The van der Waals surface area contributed by atoms with E-state index in [0.29, 0.717) is 10.8 Å². The van der Waals surface area contributed by atoms with Gasteiger partial charge in [-0.3, -0.25) is 5.32 Å². The number of urea groups is 1. The molecule has 0 saturated carbocycles. The highest BCUT2D eigenvalue weighted by Gasteiger charge is 1.99. The number of pyridine rings is 1. The molecule has 5 heteroatoms. The summed E-state index contributed by atoms with van der Waals surface area (Å²) in [6.45, 7) is 3.34. The first kappa shape index (κ1) is 9.54. The zero-order valence-corrected chi connectivity index (χ0v) is 7.51. The van der Waals surface area contributed by atoms with E-state index in [0.717, 1.165) is 0 Å². The molecule has 0 radical (unpaired) electrons. The Morgan fingerprint density at radius 1 is 1.69 bits per heavy atom. The fraction of sp³-hybridized carbons (Fsp3) is 0. The van der Waals surface area contributed by atoms with Crippen LogP contribution in [0.5, 0.6) is 0 Å². The first-order chi connectivity index (χ1) is 6.22. The lowest BCUT2D eigenvalue weighted by atomic mass is 10.4. The lowest BCUT2D eigenvalue weighted by molar-refractivity contribution is 0.255. The highest BCUT2D eigenvalue weighted by Crippen LogP contribution is 2.11. The number of rotatable bonds is 2. The third-order valence-corrected chi connectivity index (χ3v) is 1.43. The number of amides is 2. The molecule has 0 aliphatic rings. The first-order valence-corrected chi connectivity index (χ1v) is 3.90. The largest absolute Gasteiger partial charge is 0.324 e. The van der Waals surface area contributed by atoms with Gasteiger partial charge in [-0.15, -0.1) is 0 Å². The Morgan fingerprint density at radius 2 is 2.46 bits per heavy atom. The monoisotopic (exact) mass is 197 g/mol. The summed E-state index contributed by atoms with van der Waals surface area (Å²) in [5, 5.41) is 5.33. The summed E-state index contributed by atoms with van der Waals surface area (Å²) < 4.78 is 0. The van der Waals surface area contributed by atoms with Crippen molar-refractivity contribution in [2.45, 2.75) is 0 Å². The van der Waals surface area contributed by atoms with Gasteiger partial charge in [0.1, 0.15) is 5.82 Å². The van der Waals surface area contributed by atoms with Gasteiger partial charge in [0.15, 0.2) is 0 Å². The van der Waals surface area contributed by atoms with E-state index in [2.05, 4.69) is 22.2 Å². The fourth-order valence-corrected chi connectivity index (χ4v) is 0.878. The molecule has 0 spiro atoms. The summed E-state index contributed by atoms with van der Waals surface area (Å²) in [6.07, 6.45) is 2.78. The number of halogens is 1. The van der Waals surface area contributed by atoms with E-state index >= 15 is 0 Å². The molecule has 13 heavy (non-hydrogen) atoms. The van der Waals surface area contributed by atoms with E-state index in [9.17, 15) is 4.79 Å². The molecule has 68 valence electrons. The molecule has 0 unspecified atom stereocenters. The molecular weight excluding hydrogens is 190 g/mol. The van der Waals surface area contributed by atoms with Gasteiger partial charge in [-0.25, -0.2) is 9.78 Å². The minimum atomic E-state index is -0.398. The van der Waals surface area contributed by atoms with Gasteiger partial charge in [0.2, 0.25) is 0 Å². The molecule has 0 aliphatic heterocycles. The zero-order chi connectivity index (χ0) is 9.68. The fourth-order valence-electron chi connectivity index (χ4n) is 0.718. The Morgan fingerprint density at radius 3 is 3.08 bits per heavy atom. The van der Waals surface area contributed by atoms with Gasteiger partial charge in [0.25, 0.3) is 0 Å². The van der Waals surface area contributed by atoms with Crippen molar-refractivity contribution < 1.29 is 4.79 Å². The van der Waals surface area contributed by atoms with Gasteiger partial charge >= 0.3 is 6.03 Å². The molecule has 0 bridgehead atoms. The summed E-state index contributed by atoms with van der Waals surface area (Å²) in [7, 11) is 0. The van der Waals surface area contributed by atoms with E-state index in [4.69, 9.17) is 11.6 Å². The second-order valence-corrected chi connectivity index (χ2v) is 2.60. The van der Waals surface area contributed by atoms with Gasteiger partial charge in [-0.05, 0) is 18.3 Å². The number of anilines is 1. The van der Waals surface area contributed by atoms with Crippen LogP contribution in [0.1, 0.15) is 0 Å². The van der Waals surface area contributed by atoms with E-state index in [-0.39, 0.29) is 0 Å². The van der Waals surface area contributed by atoms with E-state index < -0.39 is 6.03 Å². The van der Waals surface area contributed by atoms with Crippen LogP contribution in [0, 0.1) is 0 Å². The standard InChI is InChI=1S/C8H8ClN3O/c1-2-10-8(13)12-7-5-6(9)3-4-11-7/h2-5H,1H2,(H2,10,11,12,13). The number of nitrogens with zero attached hydrogens (tertiary/aromatic N) is 1. The number of carbonyl (C=O) groups is 1. The van der Waals surface area contributed by atoms with Crippen LogP contribution >= 0.6 is 11.6 Å². The molecule has 0 atom stereocenters. The molecule has 0 saturated heterocycles. The molecule has 1 aromatic rings. The predicted octanol–water partition coefficient (Wildman–Crippen LogP) is 2.00. The van der Waals surface area contributed by atoms with Crippen molar-refractivity contribution in [2.24, 2.45) is 0 Å². The topological polar surface area (TPSA) is 54.0 Å². The van der Waals surface area contributed by atoms with E-state index in [1.165, 1.54) is 12.4 Å². The van der Waals surface area contributed by atoms with Crippen LogP contribution < -0.4 is 10.6 Å². The van der Waals surface area contributed by atoms with Crippen molar-refractivity contribution >= 4 is 23.4 Å².